The summed E-state index contributed by atoms with van der Waals surface area (Å²) in [5, 5.41) is 0.170. The molecule has 4 rings (SSSR count). The number of nitrogens with two attached hydrogens (primary N) is 1. The summed E-state index contributed by atoms with van der Waals surface area (Å²) in [4.78, 5) is 9.10. The summed E-state index contributed by atoms with van der Waals surface area (Å²) in [7, 11) is -3.80. The summed E-state index contributed by atoms with van der Waals surface area (Å²) in [6.07, 6.45) is -3.16. The van der Waals surface area contributed by atoms with Gasteiger partial charge in [0.15, 0.2) is 6.29 Å². The highest BCUT2D eigenvalue weighted by molar-refractivity contribution is 7.89. The molecular weight excluding hydrogens is 487 g/mol. The van der Waals surface area contributed by atoms with Crippen molar-refractivity contribution in [1.29, 1.82) is 0 Å². The maximum absolute atomic E-state index is 13.7. The number of pyridine rings is 1. The number of alkyl halides is 3. The number of nitrogens with zero attached hydrogens (tertiary/aromatic N) is 4. The Labute approximate surface area is 194 Å². The molecule has 4 heterocycles. The summed E-state index contributed by atoms with van der Waals surface area (Å²) in [6, 6.07) is 2.32. The van der Waals surface area contributed by atoms with Crippen LogP contribution in [0.3, 0.4) is 0 Å². The molecule has 2 saturated heterocycles. The first-order chi connectivity index (χ1) is 15.6. The topological polar surface area (TPSA) is 110 Å². The Kier molecular flexibility index (Phi) is 6.87. The molecule has 3 aliphatic heterocycles. The van der Waals surface area contributed by atoms with Gasteiger partial charge in [-0.05, 0) is 25.0 Å². The van der Waals surface area contributed by atoms with Crippen LogP contribution in [0, 0.1) is 0 Å². The van der Waals surface area contributed by atoms with Gasteiger partial charge in [-0.2, -0.15) is 17.5 Å². The van der Waals surface area contributed by atoms with Crippen molar-refractivity contribution < 1.29 is 31.1 Å². The minimum Gasteiger partial charge on any atom is -0.471 e. The fraction of sp³-hybridized carbons (Fsp3) is 0.579. The standard InChI is InChI=1S/C19H23ClF3N5O4S/c20-16-2-1-14(9-25-16)33(29,30)27-6-3-12(4-7-27)28-10-15(19(21,22)23)17(26-18(28)24)32-13-5-8-31-11-13/h1-2,9-10,12-13,18H,3-8,11,24H2. The molecular formula is C19H23ClF3N5O4S. The second-order valence-corrected chi connectivity index (χ2v) is 10.2. The van der Waals surface area contributed by atoms with E-state index in [2.05, 4.69) is 9.98 Å². The third-order valence-electron chi connectivity index (χ3n) is 5.72. The summed E-state index contributed by atoms with van der Waals surface area (Å²) >= 11 is 5.72. The van der Waals surface area contributed by atoms with E-state index in [0.29, 0.717) is 13.0 Å². The molecule has 0 saturated carbocycles. The second-order valence-electron chi connectivity index (χ2n) is 7.89. The fourth-order valence-electron chi connectivity index (χ4n) is 3.96. The minimum absolute atomic E-state index is 0.00144. The van der Waals surface area contributed by atoms with Crippen molar-refractivity contribution in [2.45, 2.75) is 48.8 Å². The van der Waals surface area contributed by atoms with Crippen molar-refractivity contribution in [3.63, 3.8) is 0 Å². The zero-order chi connectivity index (χ0) is 23.8. The van der Waals surface area contributed by atoms with Gasteiger partial charge in [-0.3, -0.25) is 5.73 Å². The third-order valence-corrected chi connectivity index (χ3v) is 7.82. The highest BCUT2D eigenvalue weighted by Gasteiger charge is 2.44. The van der Waals surface area contributed by atoms with Gasteiger partial charge >= 0.3 is 6.18 Å². The molecule has 0 aliphatic carbocycles. The van der Waals surface area contributed by atoms with E-state index in [0.717, 1.165) is 6.20 Å². The van der Waals surface area contributed by atoms with Crippen molar-refractivity contribution in [2.24, 2.45) is 10.7 Å². The van der Waals surface area contributed by atoms with Crippen molar-refractivity contribution >= 4 is 27.5 Å². The van der Waals surface area contributed by atoms with E-state index in [1.54, 1.807) is 0 Å². The van der Waals surface area contributed by atoms with Crippen LogP contribution in [0.4, 0.5) is 13.2 Å². The van der Waals surface area contributed by atoms with Gasteiger partial charge in [0.1, 0.15) is 21.7 Å². The molecule has 2 atom stereocenters. The predicted molar refractivity (Wildman–Crippen MR) is 113 cm³/mol. The lowest BCUT2D eigenvalue weighted by Crippen LogP contribution is -2.52. The summed E-state index contributed by atoms with van der Waals surface area (Å²) in [5.74, 6) is -0.544. The summed E-state index contributed by atoms with van der Waals surface area (Å²) in [5.41, 5.74) is 5.05. The number of rotatable bonds is 4. The molecule has 14 heteroatoms. The third kappa shape index (κ3) is 5.27. The van der Waals surface area contributed by atoms with Crippen LogP contribution in [-0.2, 0) is 19.5 Å². The lowest BCUT2D eigenvalue weighted by molar-refractivity contribution is -0.0909. The number of piperidine rings is 1. The van der Waals surface area contributed by atoms with Crippen LogP contribution in [0.25, 0.3) is 0 Å². The zero-order valence-corrected chi connectivity index (χ0v) is 19.0. The van der Waals surface area contributed by atoms with Crippen molar-refractivity contribution in [3.8, 4) is 0 Å². The van der Waals surface area contributed by atoms with Gasteiger partial charge in [0, 0.05) is 37.9 Å². The van der Waals surface area contributed by atoms with Gasteiger partial charge in [0.25, 0.3) is 0 Å². The lowest BCUT2D eigenvalue weighted by Gasteiger charge is -2.41. The number of hydrogen-bond donors (Lipinski definition) is 1. The molecule has 1 aromatic heterocycles. The Bertz CT molecular complexity index is 1020. The maximum Gasteiger partial charge on any atom is 0.422 e. The Hall–Kier alpha value is -1.93. The van der Waals surface area contributed by atoms with Crippen LogP contribution >= 0.6 is 11.6 Å². The minimum atomic E-state index is -4.69. The predicted octanol–water partition coefficient (Wildman–Crippen LogP) is 2.10. The number of hydrogen-bond acceptors (Lipinski definition) is 8. The van der Waals surface area contributed by atoms with Gasteiger partial charge in [0.05, 0.1) is 13.2 Å². The molecule has 9 nitrogen and oxygen atoms in total. The molecule has 33 heavy (non-hydrogen) atoms. The number of ether oxygens (including phenoxy) is 2. The van der Waals surface area contributed by atoms with Crippen LogP contribution in [0.1, 0.15) is 19.3 Å². The molecule has 2 unspecified atom stereocenters. The van der Waals surface area contributed by atoms with E-state index in [1.807, 2.05) is 0 Å². The molecule has 0 spiro atoms. The molecule has 3 aliphatic rings. The SMILES string of the molecule is NC1N=C(OC2CCOC2)C(C(F)(F)F)=CN1C1CCN(S(=O)(=O)c2ccc(Cl)nc2)CC1. The van der Waals surface area contributed by atoms with Crippen LogP contribution in [0.2, 0.25) is 5.15 Å². The monoisotopic (exact) mass is 509 g/mol. The first kappa shape index (κ1) is 24.2. The Morgan fingerprint density at radius 1 is 1.21 bits per heavy atom. The molecule has 0 aromatic carbocycles. The van der Waals surface area contributed by atoms with Gasteiger partial charge in [-0.1, -0.05) is 11.6 Å². The van der Waals surface area contributed by atoms with E-state index >= 15 is 0 Å². The fourth-order valence-corrected chi connectivity index (χ4v) is 5.48. The zero-order valence-electron chi connectivity index (χ0n) is 17.4. The highest BCUT2D eigenvalue weighted by atomic mass is 35.5. The Morgan fingerprint density at radius 2 is 1.94 bits per heavy atom. The van der Waals surface area contributed by atoms with Gasteiger partial charge < -0.3 is 14.4 Å². The highest BCUT2D eigenvalue weighted by Crippen LogP contribution is 2.33. The summed E-state index contributed by atoms with van der Waals surface area (Å²) in [6.45, 7) is 0.828. The molecule has 0 bridgehead atoms. The van der Waals surface area contributed by atoms with Gasteiger partial charge in [0.2, 0.25) is 15.9 Å². The van der Waals surface area contributed by atoms with Crippen LogP contribution in [0.5, 0.6) is 0 Å². The second kappa shape index (κ2) is 9.37. The first-order valence-corrected chi connectivity index (χ1v) is 12.1. The molecule has 0 amide bonds. The Balaban J connectivity index is 1.47. The molecule has 182 valence electrons. The van der Waals surface area contributed by atoms with Crippen LogP contribution < -0.4 is 5.73 Å². The van der Waals surface area contributed by atoms with Crippen molar-refractivity contribution in [3.05, 3.63) is 35.3 Å². The van der Waals surface area contributed by atoms with Crippen molar-refractivity contribution in [2.75, 3.05) is 26.3 Å². The molecule has 2 fully saturated rings. The van der Waals surface area contributed by atoms with Gasteiger partial charge in [-0.25, -0.2) is 18.4 Å². The maximum atomic E-state index is 13.7. The largest absolute Gasteiger partial charge is 0.471 e. The average molecular weight is 510 g/mol. The van der Waals surface area contributed by atoms with E-state index in [1.165, 1.54) is 27.5 Å². The average Bonchev–Trinajstić information content (AvgIpc) is 3.26. The number of aromatic nitrogens is 1. The van der Waals surface area contributed by atoms with Gasteiger partial charge in [-0.15, -0.1) is 0 Å². The van der Waals surface area contributed by atoms with E-state index in [4.69, 9.17) is 26.8 Å². The summed E-state index contributed by atoms with van der Waals surface area (Å²) < 4.78 is 78.7. The number of sulfonamides is 1. The first-order valence-electron chi connectivity index (χ1n) is 10.3. The number of aliphatic imine (C=N–C) groups is 1. The van der Waals surface area contributed by atoms with Crippen LogP contribution in [0.15, 0.2) is 40.0 Å². The number of halogens is 4. The van der Waals surface area contributed by atoms with E-state index < -0.39 is 46.1 Å². The Morgan fingerprint density at radius 3 is 2.52 bits per heavy atom. The molecule has 0 radical (unpaired) electrons. The quantitative estimate of drug-likeness (QED) is 0.619. The lowest BCUT2D eigenvalue weighted by atomic mass is 10.0. The smallest absolute Gasteiger partial charge is 0.422 e. The van der Waals surface area contributed by atoms with Crippen LogP contribution in [-0.4, -0.2) is 79.4 Å². The molecule has 2 N–H and O–H groups in total. The van der Waals surface area contributed by atoms with Crippen molar-refractivity contribution in [1.82, 2.24) is 14.2 Å². The van der Waals surface area contributed by atoms with E-state index in [-0.39, 0.29) is 42.6 Å². The van der Waals surface area contributed by atoms with E-state index in [9.17, 15) is 21.6 Å². The normalized spacial score (nSPS) is 25.7. The molecule has 1 aromatic rings.